The number of carbonyl (C=O) groups excluding carboxylic acids is 1. The number of aryl methyl sites for hydroxylation is 1. The number of likely N-dealkylation sites (tertiary alicyclic amines) is 1. The number of halogens is 3. The largest absolute Gasteiger partial charge is 0.338 e. The van der Waals surface area contributed by atoms with Gasteiger partial charge in [-0.05, 0) is 36.2 Å². The molecule has 0 radical (unpaired) electrons. The summed E-state index contributed by atoms with van der Waals surface area (Å²) < 4.78 is 28.9. The van der Waals surface area contributed by atoms with Crippen molar-refractivity contribution in [1.82, 2.24) is 15.2 Å². The Bertz CT molecular complexity index is 802. The number of hydrogen-bond donors (Lipinski definition) is 1. The fourth-order valence-electron chi connectivity index (χ4n) is 3.38. The second-order valence-electron chi connectivity index (χ2n) is 7.07. The van der Waals surface area contributed by atoms with E-state index in [-0.39, 0.29) is 24.4 Å². The molecule has 0 spiro atoms. The maximum absolute atomic E-state index is 15.4. The van der Waals surface area contributed by atoms with Crippen LogP contribution in [0.5, 0.6) is 0 Å². The Morgan fingerprint density at radius 1 is 1.41 bits per heavy atom. The lowest BCUT2D eigenvalue weighted by Gasteiger charge is -2.41. The Morgan fingerprint density at radius 3 is 2.89 bits per heavy atom. The monoisotopic (exact) mass is 393 g/mol. The van der Waals surface area contributed by atoms with Crippen molar-refractivity contribution in [3.8, 4) is 0 Å². The van der Waals surface area contributed by atoms with E-state index < -0.39 is 17.5 Å². The van der Waals surface area contributed by atoms with Crippen LogP contribution in [0.15, 0.2) is 36.5 Å². The Kier molecular flexibility index (Phi) is 6.07. The molecule has 0 bridgehead atoms. The minimum absolute atomic E-state index is 0.0306. The van der Waals surface area contributed by atoms with E-state index in [0.29, 0.717) is 25.1 Å². The Labute approximate surface area is 162 Å². The number of rotatable bonds is 6. The summed E-state index contributed by atoms with van der Waals surface area (Å²) in [4.78, 5) is 17.2. The maximum Gasteiger partial charge on any atom is 0.210 e. The normalized spacial score (nSPS) is 22.7. The van der Waals surface area contributed by atoms with Crippen LogP contribution in [-0.4, -0.2) is 35.1 Å². The van der Waals surface area contributed by atoms with Crippen molar-refractivity contribution in [1.29, 1.82) is 0 Å². The summed E-state index contributed by atoms with van der Waals surface area (Å²) in [6, 6.07) is 7.66. The molecule has 27 heavy (non-hydrogen) atoms. The summed E-state index contributed by atoms with van der Waals surface area (Å²) in [5, 5.41) is 3.10. The Balaban J connectivity index is 1.67. The van der Waals surface area contributed by atoms with Gasteiger partial charge in [-0.25, -0.2) is 8.78 Å². The molecule has 1 aliphatic heterocycles. The molecule has 1 N–H and O–H groups in total. The zero-order valence-electron chi connectivity index (χ0n) is 15.1. The summed E-state index contributed by atoms with van der Waals surface area (Å²) in [7, 11) is 0. The molecule has 3 rings (SSSR count). The third-order valence-corrected chi connectivity index (χ3v) is 5.25. The van der Waals surface area contributed by atoms with Crippen LogP contribution in [0.25, 0.3) is 0 Å². The summed E-state index contributed by atoms with van der Waals surface area (Å²) in [6.07, 6.45) is 2.86. The number of carbonyl (C=O) groups is 1. The van der Waals surface area contributed by atoms with Gasteiger partial charge in [0.25, 0.3) is 0 Å². The quantitative estimate of drug-likeness (QED) is 0.755. The van der Waals surface area contributed by atoms with E-state index in [2.05, 4.69) is 10.3 Å². The van der Waals surface area contributed by atoms with Crippen LogP contribution in [0.3, 0.4) is 0 Å². The molecule has 2 unspecified atom stereocenters. The standard InChI is InChI=1S/C20H22ClF2N3O/c1-14-2-4-16(25-10-14)11-24-12-20(23)6-7-26(13-27)19(9-20)15-3-5-18(22)17(21)8-15/h2-5,8,10,13,19,24H,6-7,9,11-12H2,1H3. The molecular weight excluding hydrogens is 372 g/mol. The van der Waals surface area contributed by atoms with E-state index in [0.717, 1.165) is 11.3 Å². The summed E-state index contributed by atoms with van der Waals surface area (Å²) >= 11 is 5.86. The van der Waals surface area contributed by atoms with Crippen LogP contribution < -0.4 is 5.32 Å². The topological polar surface area (TPSA) is 45.2 Å². The molecule has 7 heteroatoms. The van der Waals surface area contributed by atoms with Gasteiger partial charge in [0.05, 0.1) is 16.8 Å². The van der Waals surface area contributed by atoms with Gasteiger partial charge < -0.3 is 10.2 Å². The fraction of sp³-hybridized carbons (Fsp3) is 0.400. The number of pyridine rings is 1. The zero-order chi connectivity index (χ0) is 19.4. The highest BCUT2D eigenvalue weighted by Gasteiger charge is 2.40. The highest BCUT2D eigenvalue weighted by atomic mass is 35.5. The van der Waals surface area contributed by atoms with Crippen molar-refractivity contribution in [3.05, 3.63) is 64.2 Å². The van der Waals surface area contributed by atoms with Crippen LogP contribution in [0.4, 0.5) is 8.78 Å². The van der Waals surface area contributed by atoms with Crippen LogP contribution in [0, 0.1) is 12.7 Å². The second kappa shape index (κ2) is 8.31. The number of nitrogens with zero attached hydrogens (tertiary/aromatic N) is 2. The van der Waals surface area contributed by atoms with E-state index in [9.17, 15) is 9.18 Å². The SMILES string of the molecule is Cc1ccc(CNCC2(F)CCN(C=O)C(c3ccc(F)c(Cl)c3)C2)nc1. The summed E-state index contributed by atoms with van der Waals surface area (Å²) in [6.45, 7) is 2.88. The zero-order valence-corrected chi connectivity index (χ0v) is 15.8. The minimum Gasteiger partial charge on any atom is -0.338 e. The molecule has 2 aromatic rings. The van der Waals surface area contributed by atoms with Gasteiger partial charge in [0.1, 0.15) is 11.5 Å². The molecular formula is C20H22ClF2N3O. The van der Waals surface area contributed by atoms with Gasteiger partial charge in [0.2, 0.25) is 6.41 Å². The van der Waals surface area contributed by atoms with Gasteiger partial charge in [-0.15, -0.1) is 0 Å². The summed E-state index contributed by atoms with van der Waals surface area (Å²) in [5.41, 5.74) is 1.07. The van der Waals surface area contributed by atoms with E-state index in [1.54, 1.807) is 17.2 Å². The van der Waals surface area contributed by atoms with Gasteiger partial charge in [-0.3, -0.25) is 9.78 Å². The third-order valence-electron chi connectivity index (χ3n) is 4.96. The molecule has 0 saturated carbocycles. The molecule has 144 valence electrons. The lowest BCUT2D eigenvalue weighted by atomic mass is 9.85. The van der Waals surface area contributed by atoms with Crippen LogP contribution >= 0.6 is 11.6 Å². The first-order valence-corrected chi connectivity index (χ1v) is 9.25. The first-order valence-electron chi connectivity index (χ1n) is 8.87. The van der Waals surface area contributed by atoms with Gasteiger partial charge in [0, 0.05) is 38.7 Å². The molecule has 1 aromatic heterocycles. The van der Waals surface area contributed by atoms with Crippen LogP contribution in [0.1, 0.15) is 35.7 Å². The Hall–Kier alpha value is -2.05. The number of hydrogen-bond acceptors (Lipinski definition) is 3. The van der Waals surface area contributed by atoms with Crippen molar-refractivity contribution < 1.29 is 13.6 Å². The molecule has 1 aromatic carbocycles. The molecule has 1 fully saturated rings. The number of alkyl halides is 1. The van der Waals surface area contributed by atoms with Crippen molar-refractivity contribution >= 4 is 18.0 Å². The number of nitrogens with one attached hydrogen (secondary N) is 1. The minimum atomic E-state index is -1.48. The Morgan fingerprint density at radius 2 is 2.22 bits per heavy atom. The molecule has 1 amide bonds. The number of piperidine rings is 1. The van der Waals surface area contributed by atoms with Gasteiger partial charge in [-0.2, -0.15) is 0 Å². The fourth-order valence-corrected chi connectivity index (χ4v) is 3.57. The average Bonchev–Trinajstić information content (AvgIpc) is 2.65. The molecule has 0 aliphatic carbocycles. The van der Waals surface area contributed by atoms with Crippen LogP contribution in [0.2, 0.25) is 5.02 Å². The highest BCUT2D eigenvalue weighted by Crippen LogP contribution is 2.38. The van der Waals surface area contributed by atoms with E-state index in [1.165, 1.54) is 12.1 Å². The van der Waals surface area contributed by atoms with E-state index >= 15 is 4.39 Å². The van der Waals surface area contributed by atoms with Crippen molar-refractivity contribution in [2.24, 2.45) is 0 Å². The lowest BCUT2D eigenvalue weighted by molar-refractivity contribution is -0.124. The van der Waals surface area contributed by atoms with Gasteiger partial charge in [0.15, 0.2) is 0 Å². The molecule has 2 atom stereocenters. The molecule has 1 aliphatic rings. The smallest absolute Gasteiger partial charge is 0.210 e. The predicted octanol–water partition coefficient (Wildman–Crippen LogP) is 3.97. The summed E-state index contributed by atoms with van der Waals surface area (Å²) in [5.74, 6) is -0.535. The van der Waals surface area contributed by atoms with Crippen molar-refractivity contribution in [2.45, 2.75) is 38.0 Å². The molecule has 4 nitrogen and oxygen atoms in total. The number of aromatic nitrogens is 1. The van der Waals surface area contributed by atoms with Crippen molar-refractivity contribution in [3.63, 3.8) is 0 Å². The average molecular weight is 394 g/mol. The van der Waals surface area contributed by atoms with Crippen LogP contribution in [-0.2, 0) is 11.3 Å². The van der Waals surface area contributed by atoms with Gasteiger partial charge >= 0.3 is 0 Å². The van der Waals surface area contributed by atoms with E-state index in [4.69, 9.17) is 11.6 Å². The predicted molar refractivity (Wildman–Crippen MR) is 101 cm³/mol. The number of benzene rings is 1. The second-order valence-corrected chi connectivity index (χ2v) is 7.48. The highest BCUT2D eigenvalue weighted by molar-refractivity contribution is 6.30. The first-order chi connectivity index (χ1) is 12.9. The number of amides is 1. The van der Waals surface area contributed by atoms with Crippen molar-refractivity contribution in [2.75, 3.05) is 13.1 Å². The van der Waals surface area contributed by atoms with Gasteiger partial charge in [-0.1, -0.05) is 23.7 Å². The van der Waals surface area contributed by atoms with E-state index in [1.807, 2.05) is 19.1 Å². The maximum atomic E-state index is 15.4. The molecule has 2 heterocycles. The first kappa shape index (κ1) is 19.7. The lowest BCUT2D eigenvalue weighted by Crippen LogP contribution is -2.48. The molecule has 1 saturated heterocycles. The third kappa shape index (κ3) is 4.82.